The van der Waals surface area contributed by atoms with Crippen molar-refractivity contribution in [3.63, 3.8) is 0 Å². The van der Waals surface area contributed by atoms with Gasteiger partial charge in [0, 0.05) is 0 Å². The minimum absolute atomic E-state index is 0.0887. The number of phenolic OH excluding ortho intramolecular Hbond substituents is 1. The molecule has 3 aromatic rings. The fourth-order valence-electron chi connectivity index (χ4n) is 5.68. The molecule has 0 fully saturated rings. The van der Waals surface area contributed by atoms with E-state index in [1.165, 1.54) is 43.2 Å². The van der Waals surface area contributed by atoms with E-state index in [1.807, 2.05) is 18.2 Å². The molecule has 0 spiro atoms. The van der Waals surface area contributed by atoms with E-state index in [2.05, 4.69) is 88.4 Å². The van der Waals surface area contributed by atoms with Crippen LogP contribution in [-0.2, 0) is 17.3 Å². The van der Waals surface area contributed by atoms with Gasteiger partial charge in [0.15, 0.2) is 0 Å². The third-order valence-electron chi connectivity index (χ3n) is 7.71. The van der Waals surface area contributed by atoms with Gasteiger partial charge >= 0.3 is 0 Å². The van der Waals surface area contributed by atoms with Gasteiger partial charge in [-0.25, -0.2) is 0 Å². The second-order valence-corrected chi connectivity index (χ2v) is 10.7. The van der Waals surface area contributed by atoms with E-state index in [9.17, 15) is 5.11 Å². The first-order valence-electron chi connectivity index (χ1n) is 12.7. The molecule has 1 nitrogen and oxygen atoms in total. The standard InChI is InChI=1S/C32H42O/c1-31(2,27-20-11-8-12-21-27)30(32(3,4)28-22-13-9-14-23-28)25-15-7-5-6-10-18-26-19-16-17-24-29(26)33/h8-9,11-14,16-17,19-24,30,33H,5-7,10,15,18,25H2,1-4H3. The quantitative estimate of drug-likeness (QED) is 0.278. The summed E-state index contributed by atoms with van der Waals surface area (Å²) >= 11 is 0. The molecule has 3 aromatic carbocycles. The Balaban J connectivity index is 1.61. The number of aryl methyl sites for hydroxylation is 1. The van der Waals surface area contributed by atoms with E-state index in [-0.39, 0.29) is 10.8 Å². The maximum atomic E-state index is 9.95. The second kappa shape index (κ2) is 11.5. The van der Waals surface area contributed by atoms with Gasteiger partial charge in [-0.15, -0.1) is 0 Å². The van der Waals surface area contributed by atoms with Gasteiger partial charge in [-0.2, -0.15) is 0 Å². The van der Waals surface area contributed by atoms with Crippen molar-refractivity contribution in [2.75, 3.05) is 0 Å². The van der Waals surface area contributed by atoms with E-state index in [0.717, 1.165) is 18.4 Å². The molecule has 0 saturated carbocycles. The topological polar surface area (TPSA) is 20.2 Å². The van der Waals surface area contributed by atoms with Crippen molar-refractivity contribution in [2.24, 2.45) is 5.92 Å². The van der Waals surface area contributed by atoms with Gasteiger partial charge in [-0.1, -0.05) is 132 Å². The number of aromatic hydroxyl groups is 1. The predicted octanol–water partition coefficient (Wildman–Crippen LogP) is 8.85. The molecule has 0 saturated heterocycles. The molecule has 176 valence electrons. The van der Waals surface area contributed by atoms with Crippen molar-refractivity contribution in [1.82, 2.24) is 0 Å². The molecule has 0 aromatic heterocycles. The molecule has 0 unspecified atom stereocenters. The highest BCUT2D eigenvalue weighted by Crippen LogP contribution is 2.47. The van der Waals surface area contributed by atoms with Crippen LogP contribution in [-0.4, -0.2) is 5.11 Å². The molecule has 0 aliphatic rings. The maximum absolute atomic E-state index is 9.95. The monoisotopic (exact) mass is 442 g/mol. The summed E-state index contributed by atoms with van der Waals surface area (Å²) in [6, 6.07) is 29.9. The van der Waals surface area contributed by atoms with E-state index in [0.29, 0.717) is 11.7 Å². The van der Waals surface area contributed by atoms with Crippen LogP contribution >= 0.6 is 0 Å². The van der Waals surface area contributed by atoms with Gasteiger partial charge < -0.3 is 5.11 Å². The summed E-state index contributed by atoms with van der Waals surface area (Å²) in [5, 5.41) is 9.95. The van der Waals surface area contributed by atoms with Crippen molar-refractivity contribution in [1.29, 1.82) is 0 Å². The zero-order chi connectivity index (χ0) is 23.7. The number of rotatable bonds is 12. The zero-order valence-electron chi connectivity index (χ0n) is 21.1. The minimum Gasteiger partial charge on any atom is -0.508 e. The molecule has 3 rings (SSSR count). The number of benzene rings is 3. The summed E-state index contributed by atoms with van der Waals surface area (Å²) < 4.78 is 0. The van der Waals surface area contributed by atoms with E-state index in [4.69, 9.17) is 0 Å². The van der Waals surface area contributed by atoms with E-state index < -0.39 is 0 Å². The Morgan fingerprint density at radius 2 is 1.03 bits per heavy atom. The number of hydrogen-bond donors (Lipinski definition) is 1. The van der Waals surface area contributed by atoms with Gasteiger partial charge in [0.25, 0.3) is 0 Å². The fourth-order valence-corrected chi connectivity index (χ4v) is 5.68. The van der Waals surface area contributed by atoms with E-state index in [1.54, 1.807) is 6.07 Å². The fraction of sp³-hybridized carbons (Fsp3) is 0.438. The lowest BCUT2D eigenvalue weighted by atomic mass is 9.58. The van der Waals surface area contributed by atoms with Gasteiger partial charge in [0.2, 0.25) is 0 Å². The van der Waals surface area contributed by atoms with Gasteiger partial charge in [-0.05, 0) is 58.8 Å². The van der Waals surface area contributed by atoms with Crippen LogP contribution in [0.15, 0.2) is 84.9 Å². The Morgan fingerprint density at radius 3 is 1.58 bits per heavy atom. The summed E-state index contributed by atoms with van der Waals surface area (Å²) in [5.41, 5.74) is 4.12. The molecule has 0 heterocycles. The Bertz CT molecular complexity index is 905. The summed E-state index contributed by atoms with van der Waals surface area (Å²) in [6.07, 6.45) is 8.36. The maximum Gasteiger partial charge on any atom is 0.118 e. The summed E-state index contributed by atoms with van der Waals surface area (Å²) in [4.78, 5) is 0. The first kappa shape index (κ1) is 25.1. The highest BCUT2D eigenvalue weighted by atomic mass is 16.3. The molecule has 0 atom stereocenters. The van der Waals surface area contributed by atoms with Crippen LogP contribution in [0.4, 0.5) is 0 Å². The van der Waals surface area contributed by atoms with Gasteiger partial charge in [0.05, 0.1) is 0 Å². The van der Waals surface area contributed by atoms with Crippen LogP contribution < -0.4 is 0 Å². The number of para-hydroxylation sites is 1. The lowest BCUT2D eigenvalue weighted by molar-refractivity contribution is 0.181. The van der Waals surface area contributed by atoms with Crippen LogP contribution in [0.5, 0.6) is 5.75 Å². The number of hydrogen-bond acceptors (Lipinski definition) is 1. The highest BCUT2D eigenvalue weighted by Gasteiger charge is 2.41. The lowest BCUT2D eigenvalue weighted by Crippen LogP contribution is -2.42. The van der Waals surface area contributed by atoms with Crippen molar-refractivity contribution in [2.45, 2.75) is 83.5 Å². The molecule has 0 bridgehead atoms. The highest BCUT2D eigenvalue weighted by molar-refractivity contribution is 5.32. The SMILES string of the molecule is CC(C)(c1ccccc1)C(CCCCCCCc1ccccc1O)C(C)(C)c1ccccc1. The van der Waals surface area contributed by atoms with Crippen LogP contribution in [0.3, 0.4) is 0 Å². The molecular weight excluding hydrogens is 400 g/mol. The number of unbranched alkanes of at least 4 members (excludes halogenated alkanes) is 4. The van der Waals surface area contributed by atoms with Crippen molar-refractivity contribution < 1.29 is 5.11 Å². The lowest BCUT2D eigenvalue weighted by Gasteiger charge is -2.46. The number of phenols is 1. The summed E-state index contributed by atoms with van der Waals surface area (Å²) in [7, 11) is 0. The van der Waals surface area contributed by atoms with Gasteiger partial charge in [-0.3, -0.25) is 0 Å². The molecule has 0 radical (unpaired) electrons. The minimum atomic E-state index is 0.0887. The predicted molar refractivity (Wildman–Crippen MR) is 142 cm³/mol. The van der Waals surface area contributed by atoms with Crippen molar-refractivity contribution in [3.05, 3.63) is 102 Å². The van der Waals surface area contributed by atoms with Crippen LogP contribution in [0.2, 0.25) is 0 Å². The summed E-state index contributed by atoms with van der Waals surface area (Å²) in [5.74, 6) is 0.975. The Kier molecular flexibility index (Phi) is 8.78. The zero-order valence-corrected chi connectivity index (χ0v) is 21.1. The molecular formula is C32H42O. The second-order valence-electron chi connectivity index (χ2n) is 10.7. The van der Waals surface area contributed by atoms with Crippen LogP contribution in [0.1, 0.15) is 82.9 Å². The third kappa shape index (κ3) is 6.50. The average Bonchev–Trinajstić information content (AvgIpc) is 2.82. The molecule has 0 aliphatic carbocycles. The molecule has 1 heteroatoms. The normalized spacial score (nSPS) is 12.3. The Labute approximate surface area is 201 Å². The van der Waals surface area contributed by atoms with Crippen LogP contribution in [0.25, 0.3) is 0 Å². The van der Waals surface area contributed by atoms with Crippen LogP contribution in [0, 0.1) is 5.92 Å². The molecule has 33 heavy (non-hydrogen) atoms. The first-order chi connectivity index (χ1) is 15.8. The largest absolute Gasteiger partial charge is 0.508 e. The first-order valence-corrected chi connectivity index (χ1v) is 12.7. The van der Waals surface area contributed by atoms with Gasteiger partial charge in [0.1, 0.15) is 5.75 Å². The summed E-state index contributed by atoms with van der Waals surface area (Å²) in [6.45, 7) is 9.74. The third-order valence-corrected chi connectivity index (χ3v) is 7.71. The Morgan fingerprint density at radius 1 is 0.576 bits per heavy atom. The van der Waals surface area contributed by atoms with Crippen molar-refractivity contribution >= 4 is 0 Å². The smallest absolute Gasteiger partial charge is 0.118 e. The van der Waals surface area contributed by atoms with Crippen molar-refractivity contribution in [3.8, 4) is 5.75 Å². The molecule has 0 aliphatic heterocycles. The Hall–Kier alpha value is -2.54. The average molecular weight is 443 g/mol. The van der Waals surface area contributed by atoms with E-state index >= 15 is 0 Å². The molecule has 0 amide bonds. The molecule has 1 N–H and O–H groups in total.